The number of hydrogen-bond acceptors (Lipinski definition) is 3. The van der Waals surface area contributed by atoms with Crippen molar-refractivity contribution in [3.8, 4) is 0 Å². The van der Waals surface area contributed by atoms with Crippen molar-refractivity contribution in [1.29, 1.82) is 0 Å². The molecule has 0 aliphatic rings. The Balaban J connectivity index is 0.000000454. The van der Waals surface area contributed by atoms with E-state index in [1.807, 2.05) is 49.1 Å². The molecule has 2 aromatic rings. The Bertz CT molecular complexity index is 422. The minimum atomic E-state index is 0. The Labute approximate surface area is 148 Å². The fourth-order valence-electron chi connectivity index (χ4n) is 1.37. The van der Waals surface area contributed by atoms with Gasteiger partial charge < -0.3 is 30.3 Å². The summed E-state index contributed by atoms with van der Waals surface area (Å²) in [5.41, 5.74) is 0. The van der Waals surface area contributed by atoms with Gasteiger partial charge in [0.05, 0.1) is 0 Å². The van der Waals surface area contributed by atoms with E-state index in [0.29, 0.717) is 0 Å². The average molecular weight is 393 g/mol. The first-order valence-corrected chi connectivity index (χ1v) is 9.56. The van der Waals surface area contributed by atoms with Crippen molar-refractivity contribution in [2.75, 3.05) is 18.8 Å². The molecule has 0 aliphatic heterocycles. The maximum absolute atomic E-state index is 6.17. The second-order valence-electron chi connectivity index (χ2n) is 3.19. The van der Waals surface area contributed by atoms with Crippen molar-refractivity contribution >= 4 is 58.5 Å². The van der Waals surface area contributed by atoms with Crippen LogP contribution in [0.15, 0.2) is 45.0 Å². The fourth-order valence-corrected chi connectivity index (χ4v) is 5.16. The molecule has 0 saturated carbocycles. The van der Waals surface area contributed by atoms with E-state index < -0.39 is 0 Å². The van der Waals surface area contributed by atoms with Crippen molar-refractivity contribution in [2.24, 2.45) is 0 Å². The van der Waals surface area contributed by atoms with E-state index >= 15 is 0 Å². The van der Waals surface area contributed by atoms with Crippen LogP contribution in [0.3, 0.4) is 0 Å². The molecule has 0 heterocycles. The van der Waals surface area contributed by atoms with Gasteiger partial charge in [0.1, 0.15) is 0 Å². The van der Waals surface area contributed by atoms with Crippen molar-refractivity contribution in [3.63, 3.8) is 0 Å². The predicted molar refractivity (Wildman–Crippen MR) is 89.4 cm³/mol. The molecule has 0 aliphatic carbocycles. The van der Waals surface area contributed by atoms with Crippen LogP contribution in [0.4, 0.5) is 0 Å². The third-order valence-electron chi connectivity index (χ3n) is 2.17. The minimum Gasteiger partial charge on any atom is -0.748 e. The van der Waals surface area contributed by atoms with Crippen LogP contribution < -0.4 is 0 Å². The van der Waals surface area contributed by atoms with E-state index in [1.165, 1.54) is 0 Å². The molecule has 0 aromatic heterocycles. The van der Waals surface area contributed by atoms with Gasteiger partial charge in [-0.15, -0.1) is 33.0 Å². The summed E-state index contributed by atoms with van der Waals surface area (Å²) >= 11 is 17.2. The first-order valence-electron chi connectivity index (χ1n) is 5.13. The normalized spacial score (nSPS) is 9.53. The number of rotatable bonds is 3. The van der Waals surface area contributed by atoms with E-state index in [9.17, 15) is 0 Å². The van der Waals surface area contributed by atoms with E-state index in [2.05, 4.69) is 0 Å². The zero-order chi connectivity index (χ0) is 13.5. The molecule has 0 bridgehead atoms. The molecular weight excluding hydrogens is 379 g/mol. The quantitative estimate of drug-likeness (QED) is 0.342. The van der Waals surface area contributed by atoms with Crippen molar-refractivity contribution in [3.05, 3.63) is 40.4 Å². The second-order valence-corrected chi connectivity index (χ2v) is 6.40. The van der Waals surface area contributed by atoms with Crippen LogP contribution in [0.5, 0.6) is 0 Å². The molecule has 0 atom stereocenters. The number of thioether (sulfide) groups is 3. The van der Waals surface area contributed by atoms with Crippen LogP contribution in [0, 0.1) is 0 Å². The molecule has 0 spiro atoms. The molecule has 0 amide bonds. The van der Waals surface area contributed by atoms with Gasteiger partial charge >= 0.3 is 0 Å². The van der Waals surface area contributed by atoms with Crippen LogP contribution in [0.25, 0.3) is 0 Å². The van der Waals surface area contributed by atoms with Crippen LogP contribution in [0.2, 0.25) is 10.0 Å². The van der Waals surface area contributed by atoms with Gasteiger partial charge in [-0.25, -0.2) is 23.5 Å². The molecule has 112 valence electrons. The van der Waals surface area contributed by atoms with E-state index in [0.717, 1.165) is 24.7 Å². The Morgan fingerprint density at radius 1 is 0.789 bits per heavy atom. The summed E-state index contributed by atoms with van der Waals surface area (Å²) < 4.78 is 0. The smallest absolute Gasteiger partial charge is 0 e. The molecule has 19 heavy (non-hydrogen) atoms. The zero-order valence-electron chi connectivity index (χ0n) is 10.7. The van der Waals surface area contributed by atoms with Gasteiger partial charge in [-0.1, -0.05) is 14.9 Å². The Kier molecular flexibility index (Phi) is 11.0. The van der Waals surface area contributed by atoms with Crippen LogP contribution in [-0.4, -0.2) is 18.8 Å². The van der Waals surface area contributed by atoms with Gasteiger partial charge in [0.15, 0.2) is 0 Å². The summed E-state index contributed by atoms with van der Waals surface area (Å²) in [6.45, 7) is 0. The van der Waals surface area contributed by atoms with Crippen molar-refractivity contribution < 1.29 is 17.1 Å². The van der Waals surface area contributed by atoms with Gasteiger partial charge in [-0.05, 0) is 18.8 Å². The van der Waals surface area contributed by atoms with E-state index in [4.69, 9.17) is 23.2 Å². The van der Waals surface area contributed by atoms with Gasteiger partial charge in [-0.3, -0.25) is 0 Å². The monoisotopic (exact) mass is 392 g/mol. The fraction of sp³-hybridized carbons (Fsp3) is 0.231. The largest absolute Gasteiger partial charge is 0.748 e. The first kappa shape index (κ1) is 19.8. The van der Waals surface area contributed by atoms with E-state index in [-0.39, 0.29) is 17.1 Å². The molecule has 0 unspecified atom stereocenters. The zero-order valence-corrected chi connectivity index (χ0v) is 15.8. The minimum absolute atomic E-state index is 0. The van der Waals surface area contributed by atoms with Crippen LogP contribution in [0.1, 0.15) is 0 Å². The Morgan fingerprint density at radius 2 is 1.11 bits per heavy atom. The summed E-state index contributed by atoms with van der Waals surface area (Å²) in [6, 6.07) is 10.0. The third-order valence-corrected chi connectivity index (χ3v) is 5.95. The third kappa shape index (κ3) is 5.28. The summed E-state index contributed by atoms with van der Waals surface area (Å²) in [4.78, 5) is 3.20. The second kappa shape index (κ2) is 10.6. The molecule has 6 heteroatoms. The standard InChI is InChI=1S/C8H9Cl2S3.C5H5.Fe/c1-11-6-4(9)7(12-2)8(13-3)5(6)10;1-2-4-5-3-1;/h1-3H3;1-5H;/q-1;-5;. The molecule has 2 rings (SSSR count). The average Bonchev–Trinajstić information content (AvgIpc) is 3.00. The maximum atomic E-state index is 6.17. The van der Waals surface area contributed by atoms with Gasteiger partial charge in [0.25, 0.3) is 0 Å². The molecule has 0 radical (unpaired) electrons. The van der Waals surface area contributed by atoms with Crippen LogP contribution >= 0.6 is 58.5 Å². The molecule has 0 fully saturated rings. The van der Waals surface area contributed by atoms with Crippen molar-refractivity contribution in [2.45, 2.75) is 14.7 Å². The molecular formula is C13H14Cl2FeS3-6. The summed E-state index contributed by atoms with van der Waals surface area (Å²) in [7, 11) is 0. The SMILES string of the molecule is CSc1c(SC)c(Cl)[c-](SC)c1Cl.[Fe].[cH-]1[cH-][cH-][cH-][cH-]1. The number of hydrogen-bond donors (Lipinski definition) is 0. The molecule has 0 nitrogen and oxygen atoms in total. The van der Waals surface area contributed by atoms with Crippen LogP contribution in [-0.2, 0) is 17.1 Å². The summed E-state index contributed by atoms with van der Waals surface area (Å²) in [6.07, 6.45) is 6.02. The predicted octanol–water partition coefficient (Wildman–Crippen LogP) is 6.28. The molecule has 0 saturated heterocycles. The summed E-state index contributed by atoms with van der Waals surface area (Å²) in [5, 5.41) is 1.60. The first-order chi connectivity index (χ1) is 8.67. The van der Waals surface area contributed by atoms with Crippen molar-refractivity contribution in [1.82, 2.24) is 0 Å². The van der Waals surface area contributed by atoms with Gasteiger partial charge in [0, 0.05) is 17.1 Å². The van der Waals surface area contributed by atoms with E-state index in [1.54, 1.807) is 35.3 Å². The number of halogens is 2. The topological polar surface area (TPSA) is 0 Å². The molecule has 0 N–H and O–H groups in total. The van der Waals surface area contributed by atoms with Gasteiger partial charge in [0.2, 0.25) is 0 Å². The Hall–Kier alpha value is 0.849. The summed E-state index contributed by atoms with van der Waals surface area (Å²) in [5.74, 6) is 0. The molecule has 2 aromatic carbocycles. The maximum Gasteiger partial charge on any atom is 0 e. The van der Waals surface area contributed by atoms with Gasteiger partial charge in [-0.2, -0.15) is 11.8 Å². The Morgan fingerprint density at radius 3 is 1.32 bits per heavy atom.